The summed E-state index contributed by atoms with van der Waals surface area (Å²) in [5.74, 6) is 0.000463. The predicted octanol–water partition coefficient (Wildman–Crippen LogP) is 1.50. The lowest BCUT2D eigenvalue weighted by molar-refractivity contribution is -0.385. The van der Waals surface area contributed by atoms with Gasteiger partial charge in [-0.05, 0) is 19.4 Å². The van der Waals surface area contributed by atoms with Crippen LogP contribution in [0.5, 0.6) is 5.75 Å². The van der Waals surface area contributed by atoms with Crippen molar-refractivity contribution < 1.29 is 18.1 Å². The SMILES string of the molecule is C=CC(C)Oc1c(C)cc([N+](=O)[O-])cc1S(N)(=O)=O. The Morgan fingerprint density at radius 1 is 1.53 bits per heavy atom. The number of non-ortho nitro benzene ring substituents is 1. The third-order valence-electron chi connectivity index (χ3n) is 2.38. The standard InChI is InChI=1S/C11H14N2O5S/c1-4-8(3)18-11-7(2)5-9(13(14)15)6-10(11)19(12,16)17/h4-6,8H,1H2,2-3H3,(H2,12,16,17). The minimum absolute atomic E-state index is 0.000463. The van der Waals surface area contributed by atoms with Crippen LogP contribution in [0.2, 0.25) is 0 Å². The van der Waals surface area contributed by atoms with Gasteiger partial charge in [-0.25, -0.2) is 13.6 Å². The molecule has 0 aliphatic heterocycles. The molecule has 1 atom stereocenters. The molecule has 1 rings (SSSR count). The van der Waals surface area contributed by atoms with Crippen molar-refractivity contribution in [2.24, 2.45) is 5.14 Å². The molecule has 0 saturated heterocycles. The summed E-state index contributed by atoms with van der Waals surface area (Å²) in [6.07, 6.45) is 1.01. The van der Waals surface area contributed by atoms with Crippen molar-refractivity contribution in [3.05, 3.63) is 40.5 Å². The van der Waals surface area contributed by atoms with Gasteiger partial charge in [0.2, 0.25) is 10.0 Å². The molecule has 1 aromatic rings. The lowest BCUT2D eigenvalue weighted by Crippen LogP contribution is -2.17. The number of primary sulfonamides is 1. The number of benzene rings is 1. The number of nitrogens with two attached hydrogens (primary N) is 1. The monoisotopic (exact) mass is 286 g/mol. The van der Waals surface area contributed by atoms with Gasteiger partial charge in [-0.3, -0.25) is 10.1 Å². The fraction of sp³-hybridized carbons (Fsp3) is 0.273. The summed E-state index contributed by atoms with van der Waals surface area (Å²) in [6.45, 7) is 6.67. The van der Waals surface area contributed by atoms with E-state index in [9.17, 15) is 18.5 Å². The molecule has 0 aliphatic carbocycles. The zero-order chi connectivity index (χ0) is 14.8. The first-order valence-corrected chi connectivity index (χ1v) is 6.82. The Morgan fingerprint density at radius 3 is 2.53 bits per heavy atom. The maximum atomic E-state index is 11.5. The fourth-order valence-electron chi connectivity index (χ4n) is 1.43. The van der Waals surface area contributed by atoms with Gasteiger partial charge in [0, 0.05) is 12.1 Å². The molecular formula is C11H14N2O5S. The molecule has 0 aromatic heterocycles. The normalized spacial score (nSPS) is 12.8. The maximum Gasteiger partial charge on any atom is 0.271 e. The molecule has 19 heavy (non-hydrogen) atoms. The average molecular weight is 286 g/mol. The quantitative estimate of drug-likeness (QED) is 0.500. The Hall–Kier alpha value is -1.93. The molecule has 0 heterocycles. The number of aryl methyl sites for hydroxylation is 1. The van der Waals surface area contributed by atoms with Crippen LogP contribution >= 0.6 is 0 Å². The second-order valence-electron chi connectivity index (χ2n) is 3.95. The van der Waals surface area contributed by atoms with Crippen molar-refractivity contribution in [1.82, 2.24) is 0 Å². The topological polar surface area (TPSA) is 113 Å². The van der Waals surface area contributed by atoms with Crippen LogP contribution in [0.1, 0.15) is 12.5 Å². The lowest BCUT2D eigenvalue weighted by atomic mass is 10.2. The predicted molar refractivity (Wildman–Crippen MR) is 69.5 cm³/mol. The number of nitrogens with zero attached hydrogens (tertiary/aromatic N) is 1. The van der Waals surface area contributed by atoms with Gasteiger partial charge in [0.05, 0.1) is 4.92 Å². The number of hydrogen-bond acceptors (Lipinski definition) is 5. The van der Waals surface area contributed by atoms with Crippen LogP contribution in [0.25, 0.3) is 0 Å². The van der Waals surface area contributed by atoms with Crippen LogP contribution in [-0.2, 0) is 10.0 Å². The lowest BCUT2D eigenvalue weighted by Gasteiger charge is -2.15. The third-order valence-corrected chi connectivity index (χ3v) is 3.29. The van der Waals surface area contributed by atoms with E-state index < -0.39 is 25.9 Å². The highest BCUT2D eigenvalue weighted by Gasteiger charge is 2.23. The second-order valence-corrected chi connectivity index (χ2v) is 5.48. The Bertz CT molecular complexity index is 624. The molecular weight excluding hydrogens is 272 g/mol. The van der Waals surface area contributed by atoms with Gasteiger partial charge in [0.15, 0.2) is 0 Å². The first-order chi connectivity index (χ1) is 8.66. The van der Waals surface area contributed by atoms with Crippen LogP contribution in [-0.4, -0.2) is 19.4 Å². The number of ether oxygens (including phenoxy) is 1. The number of nitro benzene ring substituents is 1. The average Bonchev–Trinajstić information content (AvgIpc) is 2.29. The maximum absolute atomic E-state index is 11.5. The van der Waals surface area contributed by atoms with Crippen LogP contribution < -0.4 is 9.88 Å². The van der Waals surface area contributed by atoms with Gasteiger partial charge in [0.25, 0.3) is 5.69 Å². The molecule has 2 N–H and O–H groups in total. The molecule has 7 nitrogen and oxygen atoms in total. The molecule has 0 spiro atoms. The Labute approximate surface area is 110 Å². The highest BCUT2D eigenvalue weighted by molar-refractivity contribution is 7.89. The van der Waals surface area contributed by atoms with Gasteiger partial charge >= 0.3 is 0 Å². The molecule has 0 saturated carbocycles. The van der Waals surface area contributed by atoms with E-state index >= 15 is 0 Å². The minimum Gasteiger partial charge on any atom is -0.485 e. The van der Waals surface area contributed by atoms with E-state index in [-0.39, 0.29) is 11.4 Å². The van der Waals surface area contributed by atoms with Crippen molar-refractivity contribution >= 4 is 15.7 Å². The molecule has 0 fully saturated rings. The van der Waals surface area contributed by atoms with Gasteiger partial charge in [-0.2, -0.15) is 0 Å². The summed E-state index contributed by atoms with van der Waals surface area (Å²) < 4.78 is 28.4. The summed E-state index contributed by atoms with van der Waals surface area (Å²) in [4.78, 5) is 9.63. The van der Waals surface area contributed by atoms with Crippen molar-refractivity contribution in [2.45, 2.75) is 24.8 Å². The van der Waals surface area contributed by atoms with Gasteiger partial charge < -0.3 is 4.74 Å². The minimum atomic E-state index is -4.13. The zero-order valence-electron chi connectivity index (χ0n) is 10.5. The Balaban J connectivity index is 3.53. The van der Waals surface area contributed by atoms with Crippen LogP contribution in [0, 0.1) is 17.0 Å². The molecule has 0 amide bonds. The van der Waals surface area contributed by atoms with E-state index in [4.69, 9.17) is 9.88 Å². The second kappa shape index (κ2) is 5.37. The molecule has 8 heteroatoms. The summed E-state index contributed by atoms with van der Waals surface area (Å²) in [5.41, 5.74) is -0.0490. The summed E-state index contributed by atoms with van der Waals surface area (Å²) in [5, 5.41) is 15.8. The highest BCUT2D eigenvalue weighted by Crippen LogP contribution is 2.32. The third kappa shape index (κ3) is 3.52. The Kier molecular flexibility index (Phi) is 4.28. The van der Waals surface area contributed by atoms with Crippen LogP contribution in [0.3, 0.4) is 0 Å². The number of nitro groups is 1. The van der Waals surface area contributed by atoms with Crippen molar-refractivity contribution in [2.75, 3.05) is 0 Å². The van der Waals surface area contributed by atoms with Crippen molar-refractivity contribution in [3.8, 4) is 5.75 Å². The summed E-state index contributed by atoms with van der Waals surface area (Å²) >= 11 is 0. The van der Waals surface area contributed by atoms with Crippen molar-refractivity contribution in [3.63, 3.8) is 0 Å². The highest BCUT2D eigenvalue weighted by atomic mass is 32.2. The number of sulfonamides is 1. The van der Waals surface area contributed by atoms with E-state index in [0.717, 1.165) is 6.07 Å². The molecule has 0 radical (unpaired) electrons. The van der Waals surface area contributed by atoms with Gasteiger partial charge in [-0.1, -0.05) is 12.7 Å². The number of hydrogen-bond donors (Lipinski definition) is 1. The summed E-state index contributed by atoms with van der Waals surface area (Å²) in [6, 6.07) is 2.10. The van der Waals surface area contributed by atoms with Crippen molar-refractivity contribution in [1.29, 1.82) is 0 Å². The Morgan fingerprint density at radius 2 is 2.11 bits per heavy atom. The molecule has 1 unspecified atom stereocenters. The molecule has 0 bridgehead atoms. The molecule has 104 valence electrons. The van der Waals surface area contributed by atoms with E-state index in [1.807, 2.05) is 0 Å². The smallest absolute Gasteiger partial charge is 0.271 e. The van der Waals surface area contributed by atoms with E-state index in [1.54, 1.807) is 6.92 Å². The summed E-state index contributed by atoms with van der Waals surface area (Å²) in [7, 11) is -4.13. The van der Waals surface area contributed by atoms with Crippen LogP contribution in [0.4, 0.5) is 5.69 Å². The van der Waals surface area contributed by atoms with E-state index in [2.05, 4.69) is 6.58 Å². The van der Waals surface area contributed by atoms with Gasteiger partial charge in [0.1, 0.15) is 16.7 Å². The first kappa shape index (κ1) is 15.1. The van der Waals surface area contributed by atoms with Gasteiger partial charge in [-0.15, -0.1) is 0 Å². The fourth-order valence-corrected chi connectivity index (χ4v) is 2.18. The largest absolute Gasteiger partial charge is 0.485 e. The number of rotatable bonds is 5. The first-order valence-electron chi connectivity index (χ1n) is 5.28. The molecule has 1 aromatic carbocycles. The zero-order valence-corrected chi connectivity index (χ0v) is 11.3. The van der Waals surface area contributed by atoms with Crippen LogP contribution in [0.15, 0.2) is 29.7 Å². The van der Waals surface area contributed by atoms with E-state index in [1.165, 1.54) is 19.1 Å². The molecule has 0 aliphatic rings. The van der Waals surface area contributed by atoms with E-state index in [0.29, 0.717) is 5.56 Å².